The Morgan fingerprint density at radius 1 is 1.00 bits per heavy atom. The second-order valence-corrected chi connectivity index (χ2v) is 6.55. The zero-order valence-electron chi connectivity index (χ0n) is 15.9. The summed E-state index contributed by atoms with van der Waals surface area (Å²) < 4.78 is 9.88. The zero-order chi connectivity index (χ0) is 22.3. The van der Waals surface area contributed by atoms with Crippen LogP contribution in [-0.2, 0) is 4.74 Å². The summed E-state index contributed by atoms with van der Waals surface area (Å²) in [5.74, 6) is -2.51. The lowest BCUT2D eigenvalue weighted by atomic mass is 9.92. The van der Waals surface area contributed by atoms with Crippen LogP contribution in [-0.4, -0.2) is 28.9 Å². The number of nitro groups is 1. The van der Waals surface area contributed by atoms with Crippen molar-refractivity contribution in [1.82, 2.24) is 0 Å². The number of rotatable bonds is 4. The minimum absolute atomic E-state index is 0.0140. The first-order chi connectivity index (χ1) is 14.8. The minimum atomic E-state index is -0.997. The largest absolute Gasteiger partial charge is 0.506 e. The number of ether oxygens (including phenoxy) is 1. The number of ketones is 1. The first kappa shape index (κ1) is 19.8. The Kier molecular flexibility index (Phi) is 4.70. The molecule has 0 amide bonds. The molecule has 0 spiro atoms. The summed E-state index contributed by atoms with van der Waals surface area (Å²) >= 11 is 0. The molecular formula is C22H13NO8. The molecule has 0 aliphatic rings. The Bertz CT molecular complexity index is 1470. The standard InChI is InChI=1S/C22H13NO8/c1-30-21(26)14-10-13(19(24)11-6-2-4-8-15(11)23(28)29)17-12-7-3-5-9-16(12)31-22(27)18(17)20(14)25/h2-10,25H,1H3. The van der Waals surface area contributed by atoms with Gasteiger partial charge in [0.2, 0.25) is 5.78 Å². The Balaban J connectivity index is 2.20. The fraction of sp³-hybridized carbons (Fsp3) is 0.0455. The molecule has 0 atom stereocenters. The summed E-state index contributed by atoms with van der Waals surface area (Å²) in [4.78, 5) is 49.0. The van der Waals surface area contributed by atoms with Crippen LogP contribution in [0.1, 0.15) is 26.3 Å². The summed E-state index contributed by atoms with van der Waals surface area (Å²) in [6.45, 7) is 0. The van der Waals surface area contributed by atoms with Crippen molar-refractivity contribution < 1.29 is 28.8 Å². The van der Waals surface area contributed by atoms with Crippen molar-refractivity contribution in [2.45, 2.75) is 0 Å². The molecule has 1 aromatic heterocycles. The lowest BCUT2D eigenvalue weighted by Crippen LogP contribution is -2.12. The molecule has 1 heterocycles. The van der Waals surface area contributed by atoms with Gasteiger partial charge in [-0.2, -0.15) is 0 Å². The van der Waals surface area contributed by atoms with Crippen molar-refractivity contribution in [3.8, 4) is 5.75 Å². The summed E-state index contributed by atoms with van der Waals surface area (Å²) in [7, 11) is 1.07. The molecule has 4 aromatic rings. The molecule has 0 fully saturated rings. The number of hydrogen-bond donors (Lipinski definition) is 1. The highest BCUT2D eigenvalue weighted by atomic mass is 16.6. The van der Waals surface area contributed by atoms with Crippen molar-refractivity contribution >= 4 is 39.2 Å². The highest BCUT2D eigenvalue weighted by Gasteiger charge is 2.28. The van der Waals surface area contributed by atoms with Crippen LogP contribution < -0.4 is 5.63 Å². The molecule has 9 nitrogen and oxygen atoms in total. The van der Waals surface area contributed by atoms with Crippen molar-refractivity contribution in [2.24, 2.45) is 0 Å². The quantitative estimate of drug-likeness (QED) is 0.132. The topological polar surface area (TPSA) is 137 Å². The molecule has 0 bridgehead atoms. The normalized spacial score (nSPS) is 10.9. The number of carbonyl (C=O) groups is 2. The van der Waals surface area contributed by atoms with Crippen LogP contribution in [0.5, 0.6) is 5.75 Å². The van der Waals surface area contributed by atoms with Gasteiger partial charge in [0, 0.05) is 22.4 Å². The number of para-hydroxylation sites is 2. The van der Waals surface area contributed by atoms with Crippen LogP contribution in [0, 0.1) is 10.1 Å². The summed E-state index contributed by atoms with van der Waals surface area (Å²) in [5.41, 5.74) is -2.16. The fourth-order valence-electron chi connectivity index (χ4n) is 3.48. The number of phenols is 1. The van der Waals surface area contributed by atoms with E-state index in [0.29, 0.717) is 5.39 Å². The van der Waals surface area contributed by atoms with Gasteiger partial charge in [-0.1, -0.05) is 30.3 Å². The first-order valence-corrected chi connectivity index (χ1v) is 8.93. The van der Waals surface area contributed by atoms with Crippen LogP contribution in [0.4, 0.5) is 5.69 Å². The van der Waals surface area contributed by atoms with Crippen LogP contribution in [0.25, 0.3) is 21.7 Å². The van der Waals surface area contributed by atoms with Gasteiger partial charge in [0.1, 0.15) is 27.8 Å². The summed E-state index contributed by atoms with van der Waals surface area (Å²) in [6, 6.07) is 12.7. The Hall–Kier alpha value is -4.53. The van der Waals surface area contributed by atoms with E-state index in [9.17, 15) is 29.6 Å². The molecule has 0 radical (unpaired) electrons. The van der Waals surface area contributed by atoms with Gasteiger partial charge in [0.25, 0.3) is 5.69 Å². The molecule has 0 saturated heterocycles. The number of fused-ring (bicyclic) bond motifs is 3. The number of phenolic OH excluding ortho intramolecular Hbond substituents is 1. The van der Waals surface area contributed by atoms with E-state index in [1.807, 2.05) is 0 Å². The number of methoxy groups -OCH3 is 1. The van der Waals surface area contributed by atoms with E-state index in [-0.39, 0.29) is 22.1 Å². The molecule has 0 saturated carbocycles. The molecule has 9 heteroatoms. The van der Waals surface area contributed by atoms with Gasteiger partial charge in [-0.05, 0) is 18.2 Å². The lowest BCUT2D eigenvalue weighted by molar-refractivity contribution is -0.385. The Morgan fingerprint density at radius 3 is 2.39 bits per heavy atom. The maximum absolute atomic E-state index is 13.4. The summed E-state index contributed by atoms with van der Waals surface area (Å²) in [5, 5.41) is 22.0. The smallest absolute Gasteiger partial charge is 0.348 e. The van der Waals surface area contributed by atoms with Crippen LogP contribution in [0.15, 0.2) is 63.8 Å². The van der Waals surface area contributed by atoms with E-state index >= 15 is 0 Å². The van der Waals surface area contributed by atoms with E-state index in [1.165, 1.54) is 30.3 Å². The number of hydrogen-bond acceptors (Lipinski definition) is 8. The number of esters is 1. The highest BCUT2D eigenvalue weighted by Crippen LogP contribution is 2.36. The fourth-order valence-corrected chi connectivity index (χ4v) is 3.48. The minimum Gasteiger partial charge on any atom is -0.506 e. The van der Waals surface area contributed by atoms with E-state index in [1.54, 1.807) is 18.2 Å². The highest BCUT2D eigenvalue weighted by molar-refractivity contribution is 6.25. The van der Waals surface area contributed by atoms with Gasteiger partial charge in [-0.15, -0.1) is 0 Å². The number of benzene rings is 3. The van der Waals surface area contributed by atoms with E-state index in [4.69, 9.17) is 4.42 Å². The SMILES string of the molecule is COC(=O)c1cc(C(=O)c2ccccc2[N+](=O)[O-])c2c(c1O)c(=O)oc1ccccc12. The monoisotopic (exact) mass is 419 g/mol. The zero-order valence-corrected chi connectivity index (χ0v) is 15.9. The third-order valence-electron chi connectivity index (χ3n) is 4.86. The second-order valence-electron chi connectivity index (χ2n) is 6.55. The van der Waals surface area contributed by atoms with Gasteiger partial charge >= 0.3 is 11.6 Å². The second kappa shape index (κ2) is 7.38. The molecule has 0 unspecified atom stereocenters. The molecule has 4 rings (SSSR count). The molecule has 154 valence electrons. The van der Waals surface area contributed by atoms with E-state index < -0.39 is 44.7 Å². The number of aromatic hydroxyl groups is 1. The van der Waals surface area contributed by atoms with Gasteiger partial charge in [0.15, 0.2) is 0 Å². The van der Waals surface area contributed by atoms with Crippen molar-refractivity contribution in [1.29, 1.82) is 0 Å². The predicted molar refractivity (Wildman–Crippen MR) is 110 cm³/mol. The maximum atomic E-state index is 13.4. The van der Waals surface area contributed by atoms with E-state index in [2.05, 4.69) is 4.74 Å². The Labute approximate surface area is 173 Å². The molecule has 31 heavy (non-hydrogen) atoms. The molecule has 0 aliphatic heterocycles. The van der Waals surface area contributed by atoms with Gasteiger partial charge in [-0.3, -0.25) is 14.9 Å². The number of nitrogens with zero attached hydrogens (tertiary/aromatic N) is 1. The lowest BCUT2D eigenvalue weighted by Gasteiger charge is -2.13. The van der Waals surface area contributed by atoms with Crippen LogP contribution >= 0.6 is 0 Å². The molecule has 3 aromatic carbocycles. The van der Waals surface area contributed by atoms with Crippen molar-refractivity contribution in [3.05, 3.63) is 91.8 Å². The third-order valence-corrected chi connectivity index (χ3v) is 4.86. The van der Waals surface area contributed by atoms with Gasteiger partial charge in [-0.25, -0.2) is 9.59 Å². The summed E-state index contributed by atoms with van der Waals surface area (Å²) in [6.07, 6.45) is 0. The first-order valence-electron chi connectivity index (χ1n) is 8.93. The average Bonchev–Trinajstić information content (AvgIpc) is 2.78. The van der Waals surface area contributed by atoms with Gasteiger partial charge < -0.3 is 14.3 Å². The van der Waals surface area contributed by atoms with Crippen LogP contribution in [0.3, 0.4) is 0 Å². The molecule has 0 aliphatic carbocycles. The third kappa shape index (κ3) is 3.08. The Morgan fingerprint density at radius 2 is 1.68 bits per heavy atom. The van der Waals surface area contributed by atoms with Crippen molar-refractivity contribution in [2.75, 3.05) is 7.11 Å². The number of carbonyl (C=O) groups excluding carboxylic acids is 2. The molecule has 1 N–H and O–H groups in total. The molecular weight excluding hydrogens is 406 g/mol. The number of nitro benzene ring substituents is 1. The average molecular weight is 419 g/mol. The van der Waals surface area contributed by atoms with Crippen molar-refractivity contribution in [3.63, 3.8) is 0 Å². The van der Waals surface area contributed by atoms with E-state index in [0.717, 1.165) is 13.2 Å². The van der Waals surface area contributed by atoms with Crippen LogP contribution in [0.2, 0.25) is 0 Å². The van der Waals surface area contributed by atoms with Gasteiger partial charge in [0.05, 0.1) is 12.0 Å². The predicted octanol–water partition coefficient (Wildman–Crippen LogP) is 3.58. The maximum Gasteiger partial charge on any atom is 0.348 e.